The Morgan fingerprint density at radius 3 is 2.21 bits per heavy atom. The molecule has 0 aliphatic rings. The van der Waals surface area contributed by atoms with Gasteiger partial charge in [0.05, 0.1) is 6.42 Å². The lowest BCUT2D eigenvalue weighted by Crippen LogP contribution is -2.38. The predicted molar refractivity (Wildman–Crippen MR) is 34.2 cm³/mol. The zero-order chi connectivity index (χ0) is 11.4. The Morgan fingerprint density at radius 2 is 1.86 bits per heavy atom. The van der Waals surface area contributed by atoms with Gasteiger partial charge in [-0.05, 0) is 0 Å². The second-order valence-corrected chi connectivity index (χ2v) is 2.45. The van der Waals surface area contributed by atoms with Gasteiger partial charge in [-0.3, -0.25) is 4.79 Å². The van der Waals surface area contributed by atoms with Crippen molar-refractivity contribution < 1.29 is 37.0 Å². The van der Waals surface area contributed by atoms with Gasteiger partial charge >= 0.3 is 11.9 Å². The average Bonchev–Trinajstić information content (AvgIpc) is 1.99. The summed E-state index contributed by atoms with van der Waals surface area (Å²) in [6, 6.07) is 0. The molecule has 0 unspecified atom stereocenters. The molecule has 0 radical (unpaired) electrons. The second kappa shape index (κ2) is 4.25. The third kappa shape index (κ3) is 4.06. The van der Waals surface area contributed by atoms with Crippen molar-refractivity contribution >= 4 is 12.4 Å². The number of halogens is 4. The van der Waals surface area contributed by atoms with Crippen molar-refractivity contribution in [2.75, 3.05) is 6.61 Å². The minimum Gasteiger partial charge on any atom is -0.477 e. The highest BCUT2D eigenvalue weighted by Crippen LogP contribution is 2.30. The Kier molecular flexibility index (Phi) is 3.84. The number of carbonyl (C=O) groups is 2. The molecule has 0 aromatic carbocycles. The van der Waals surface area contributed by atoms with Crippen LogP contribution >= 0.6 is 0 Å². The summed E-state index contributed by atoms with van der Waals surface area (Å²) in [5.74, 6) is -11.3. The lowest BCUT2D eigenvalue weighted by molar-refractivity contribution is -0.184. The molecule has 0 saturated carbocycles. The molecule has 0 atom stereocenters. The normalized spacial score (nSPS) is 12.3. The van der Waals surface area contributed by atoms with Crippen LogP contribution in [0, 0.1) is 0 Å². The molecule has 4 nitrogen and oxygen atoms in total. The van der Waals surface area contributed by atoms with E-state index in [4.69, 9.17) is 5.11 Å². The van der Waals surface area contributed by atoms with E-state index in [0.717, 1.165) is 0 Å². The lowest BCUT2D eigenvalue weighted by Gasteiger charge is -2.18. The van der Waals surface area contributed by atoms with Gasteiger partial charge in [0.2, 0.25) is 0 Å². The smallest absolute Gasteiger partial charge is 0.374 e. The molecule has 1 N–H and O–H groups in total. The largest absolute Gasteiger partial charge is 0.477 e. The first-order valence-electron chi connectivity index (χ1n) is 3.25. The summed E-state index contributed by atoms with van der Waals surface area (Å²) < 4.78 is 52.9. The van der Waals surface area contributed by atoms with Crippen LogP contribution in [0.4, 0.5) is 17.6 Å². The van der Waals surface area contributed by atoms with Crippen molar-refractivity contribution in [3.8, 4) is 0 Å². The summed E-state index contributed by atoms with van der Waals surface area (Å²) in [6.45, 7) is -1.91. The van der Waals surface area contributed by atoms with Gasteiger partial charge in [0.1, 0.15) is 0 Å². The van der Waals surface area contributed by atoms with Crippen molar-refractivity contribution in [1.29, 1.82) is 0 Å². The molecule has 14 heavy (non-hydrogen) atoms. The Bertz CT molecular complexity index is 228. The zero-order valence-corrected chi connectivity index (χ0v) is 6.68. The van der Waals surface area contributed by atoms with Crippen molar-refractivity contribution in [2.24, 2.45) is 0 Å². The topological polar surface area (TPSA) is 63.6 Å². The lowest BCUT2D eigenvalue weighted by atomic mass is 10.1. The molecule has 0 saturated heterocycles. The SMILES string of the molecule is O=COCC(F)(F)CC(F)(F)C(=O)O. The van der Waals surface area contributed by atoms with E-state index >= 15 is 0 Å². The van der Waals surface area contributed by atoms with Crippen LogP contribution in [0.2, 0.25) is 0 Å². The summed E-state index contributed by atoms with van der Waals surface area (Å²) in [5, 5.41) is 7.84. The molecule has 0 fully saturated rings. The highest BCUT2D eigenvalue weighted by molar-refractivity contribution is 5.75. The number of alkyl halides is 4. The molecule has 0 aromatic heterocycles. The minimum absolute atomic E-state index is 0.340. The van der Waals surface area contributed by atoms with Gasteiger partial charge in [0.15, 0.2) is 6.61 Å². The summed E-state index contributed by atoms with van der Waals surface area (Å²) in [7, 11) is 0. The van der Waals surface area contributed by atoms with E-state index in [-0.39, 0.29) is 6.47 Å². The maximum absolute atomic E-state index is 12.4. The van der Waals surface area contributed by atoms with Crippen molar-refractivity contribution in [2.45, 2.75) is 18.3 Å². The highest BCUT2D eigenvalue weighted by atomic mass is 19.3. The number of carboxylic acids is 1. The van der Waals surface area contributed by atoms with Crippen LogP contribution in [0.15, 0.2) is 0 Å². The van der Waals surface area contributed by atoms with Gasteiger partial charge < -0.3 is 9.84 Å². The van der Waals surface area contributed by atoms with Gasteiger partial charge in [-0.1, -0.05) is 0 Å². The van der Waals surface area contributed by atoms with E-state index in [1.165, 1.54) is 0 Å². The van der Waals surface area contributed by atoms with E-state index in [0.29, 0.717) is 0 Å². The molecule has 0 rings (SSSR count). The first-order chi connectivity index (χ1) is 6.21. The average molecular weight is 218 g/mol. The maximum Gasteiger partial charge on any atom is 0.374 e. The number of hydrogen-bond acceptors (Lipinski definition) is 3. The quantitative estimate of drug-likeness (QED) is 0.531. The van der Waals surface area contributed by atoms with Crippen molar-refractivity contribution in [3.05, 3.63) is 0 Å². The third-order valence-electron chi connectivity index (χ3n) is 1.16. The number of carbonyl (C=O) groups excluding carboxylic acids is 1. The van der Waals surface area contributed by atoms with E-state index in [1.807, 2.05) is 0 Å². The number of carboxylic acid groups (broad SMARTS) is 1. The van der Waals surface area contributed by atoms with Crippen molar-refractivity contribution in [3.63, 3.8) is 0 Å². The van der Waals surface area contributed by atoms with Gasteiger partial charge in [0, 0.05) is 0 Å². The Hall–Kier alpha value is -1.34. The van der Waals surface area contributed by atoms with E-state index in [9.17, 15) is 27.2 Å². The Morgan fingerprint density at radius 1 is 1.36 bits per heavy atom. The van der Waals surface area contributed by atoms with E-state index in [1.54, 1.807) is 0 Å². The van der Waals surface area contributed by atoms with Crippen LogP contribution in [0.3, 0.4) is 0 Å². The summed E-state index contributed by atoms with van der Waals surface area (Å²) in [5.41, 5.74) is 0. The summed E-state index contributed by atoms with van der Waals surface area (Å²) in [6.07, 6.45) is -2.21. The summed E-state index contributed by atoms with van der Waals surface area (Å²) in [4.78, 5) is 19.3. The van der Waals surface area contributed by atoms with Crippen LogP contribution in [-0.4, -0.2) is 36.0 Å². The fourth-order valence-electron chi connectivity index (χ4n) is 0.607. The summed E-state index contributed by atoms with van der Waals surface area (Å²) >= 11 is 0. The predicted octanol–water partition coefficient (Wildman–Crippen LogP) is 0.905. The van der Waals surface area contributed by atoms with Gasteiger partial charge in [-0.25, -0.2) is 13.6 Å². The Balaban J connectivity index is 4.33. The van der Waals surface area contributed by atoms with Crippen LogP contribution in [-0.2, 0) is 14.3 Å². The molecule has 0 amide bonds. The molecule has 0 heterocycles. The fourth-order valence-corrected chi connectivity index (χ4v) is 0.607. The van der Waals surface area contributed by atoms with Gasteiger partial charge in [-0.2, -0.15) is 8.78 Å². The van der Waals surface area contributed by atoms with Gasteiger partial charge in [-0.15, -0.1) is 0 Å². The maximum atomic E-state index is 12.4. The van der Waals surface area contributed by atoms with Gasteiger partial charge in [0.25, 0.3) is 12.4 Å². The monoisotopic (exact) mass is 218 g/mol. The van der Waals surface area contributed by atoms with E-state index < -0.39 is 30.8 Å². The molecule has 0 spiro atoms. The molecule has 82 valence electrons. The standard InChI is InChI=1S/C6H6F4O4/c7-5(8,2-14-3-11)1-6(9,10)4(12)13/h3H,1-2H2,(H,12,13). The molecule has 8 heteroatoms. The first-order valence-corrected chi connectivity index (χ1v) is 3.25. The number of rotatable bonds is 6. The molecule has 0 aromatic rings. The highest BCUT2D eigenvalue weighted by Gasteiger charge is 2.49. The van der Waals surface area contributed by atoms with Crippen LogP contribution < -0.4 is 0 Å². The number of ether oxygens (including phenoxy) is 1. The van der Waals surface area contributed by atoms with Crippen LogP contribution in [0.25, 0.3) is 0 Å². The molecule has 0 aliphatic carbocycles. The minimum atomic E-state index is -4.55. The zero-order valence-electron chi connectivity index (χ0n) is 6.68. The van der Waals surface area contributed by atoms with Crippen molar-refractivity contribution in [1.82, 2.24) is 0 Å². The second-order valence-electron chi connectivity index (χ2n) is 2.45. The molecular formula is C6H6F4O4. The Labute approximate surface area is 75.5 Å². The molecular weight excluding hydrogens is 212 g/mol. The molecule has 0 aliphatic heterocycles. The van der Waals surface area contributed by atoms with E-state index in [2.05, 4.69) is 4.74 Å². The fraction of sp³-hybridized carbons (Fsp3) is 0.667. The van der Waals surface area contributed by atoms with Crippen LogP contribution in [0.5, 0.6) is 0 Å². The van der Waals surface area contributed by atoms with Crippen LogP contribution in [0.1, 0.15) is 6.42 Å². The third-order valence-corrected chi connectivity index (χ3v) is 1.16. The first kappa shape index (κ1) is 12.7. The number of aliphatic carboxylic acids is 1. The number of hydrogen-bond donors (Lipinski definition) is 1. The molecule has 0 bridgehead atoms.